The Balaban J connectivity index is 1.53. The van der Waals surface area contributed by atoms with Gasteiger partial charge >= 0.3 is 0 Å². The average Bonchev–Trinajstić information content (AvgIpc) is 3.23. The summed E-state index contributed by atoms with van der Waals surface area (Å²) in [5, 5.41) is 7.79. The first-order valence-corrected chi connectivity index (χ1v) is 8.20. The number of carbonyl (C=O) groups is 1. The highest BCUT2D eigenvalue weighted by molar-refractivity contribution is 5.94. The molecule has 0 spiro atoms. The maximum absolute atomic E-state index is 12.8. The Morgan fingerprint density at radius 2 is 2.09 bits per heavy atom. The molecular weight excluding hydrogens is 290 g/mol. The van der Waals surface area contributed by atoms with Crippen LogP contribution in [0.5, 0.6) is 0 Å². The van der Waals surface area contributed by atoms with E-state index >= 15 is 0 Å². The number of nitrogens with zero attached hydrogens (tertiary/aromatic N) is 4. The molecule has 2 saturated heterocycles. The molecule has 6 heteroatoms. The predicted octanol–water partition coefficient (Wildman–Crippen LogP) is 1.62. The molecule has 2 fully saturated rings. The first kappa shape index (κ1) is 14.4. The Labute approximate surface area is 135 Å². The van der Waals surface area contributed by atoms with E-state index in [9.17, 15) is 4.79 Å². The zero-order valence-corrected chi connectivity index (χ0v) is 13.2. The molecule has 6 nitrogen and oxygen atoms in total. The maximum Gasteiger partial charge on any atom is 0.254 e. The largest absolute Gasteiger partial charge is 0.339 e. The standard InChI is InChI=1S/C17H21N5O/c1-21(15-10-13-3-4-14(11-15)20-13)17(23)12-5-7-18-16(9-12)22-8-2-6-19-22/h2,5-9,13-15,20H,3-4,10-11H2,1H3. The molecule has 0 aliphatic carbocycles. The molecule has 0 radical (unpaired) electrons. The van der Waals surface area contributed by atoms with Gasteiger partial charge < -0.3 is 10.2 Å². The Morgan fingerprint density at radius 1 is 1.30 bits per heavy atom. The topological polar surface area (TPSA) is 63.1 Å². The van der Waals surface area contributed by atoms with Gasteiger partial charge in [0.2, 0.25) is 0 Å². The molecule has 2 atom stereocenters. The third kappa shape index (κ3) is 2.74. The molecule has 0 saturated carbocycles. The van der Waals surface area contributed by atoms with Crippen molar-refractivity contribution in [3.63, 3.8) is 0 Å². The summed E-state index contributed by atoms with van der Waals surface area (Å²) in [6.07, 6.45) is 9.78. The van der Waals surface area contributed by atoms with Gasteiger partial charge in [-0.1, -0.05) is 0 Å². The molecule has 2 aliphatic heterocycles. The quantitative estimate of drug-likeness (QED) is 0.935. The molecule has 2 unspecified atom stereocenters. The number of carbonyl (C=O) groups excluding carboxylic acids is 1. The van der Waals surface area contributed by atoms with E-state index in [1.165, 1.54) is 12.8 Å². The zero-order chi connectivity index (χ0) is 15.8. The maximum atomic E-state index is 12.8. The molecule has 4 rings (SSSR count). The number of hydrogen-bond acceptors (Lipinski definition) is 4. The van der Waals surface area contributed by atoms with E-state index in [1.807, 2.05) is 30.3 Å². The van der Waals surface area contributed by atoms with E-state index in [-0.39, 0.29) is 5.91 Å². The number of nitrogens with one attached hydrogen (secondary N) is 1. The fourth-order valence-corrected chi connectivity index (χ4v) is 3.79. The SMILES string of the molecule is CN(C(=O)c1ccnc(-n2cccn2)c1)C1CC2CCC(C1)N2. The van der Waals surface area contributed by atoms with Crippen LogP contribution in [-0.2, 0) is 0 Å². The molecule has 2 bridgehead atoms. The lowest BCUT2D eigenvalue weighted by Crippen LogP contribution is -2.48. The third-order valence-electron chi connectivity index (χ3n) is 5.05. The molecule has 23 heavy (non-hydrogen) atoms. The summed E-state index contributed by atoms with van der Waals surface area (Å²) in [5.41, 5.74) is 0.666. The fourth-order valence-electron chi connectivity index (χ4n) is 3.79. The van der Waals surface area contributed by atoms with Crippen molar-refractivity contribution >= 4 is 5.91 Å². The van der Waals surface area contributed by atoms with Gasteiger partial charge in [-0.2, -0.15) is 5.10 Å². The van der Waals surface area contributed by atoms with Crippen LogP contribution >= 0.6 is 0 Å². The van der Waals surface area contributed by atoms with Gasteiger partial charge in [0.05, 0.1) is 0 Å². The number of pyridine rings is 1. The van der Waals surface area contributed by atoms with Gasteiger partial charge in [-0.05, 0) is 43.9 Å². The summed E-state index contributed by atoms with van der Waals surface area (Å²) in [6.45, 7) is 0. The van der Waals surface area contributed by atoms with Crippen LogP contribution in [0.2, 0.25) is 0 Å². The smallest absolute Gasteiger partial charge is 0.254 e. The summed E-state index contributed by atoms with van der Waals surface area (Å²) >= 11 is 0. The summed E-state index contributed by atoms with van der Waals surface area (Å²) in [6, 6.07) is 6.90. The van der Waals surface area contributed by atoms with Gasteiger partial charge in [-0.15, -0.1) is 0 Å². The Morgan fingerprint density at radius 3 is 2.78 bits per heavy atom. The van der Waals surface area contributed by atoms with Crippen LogP contribution in [0.3, 0.4) is 0 Å². The lowest BCUT2D eigenvalue weighted by Gasteiger charge is -2.35. The van der Waals surface area contributed by atoms with Crippen molar-refractivity contribution in [2.75, 3.05) is 7.05 Å². The van der Waals surface area contributed by atoms with Gasteiger partial charge in [0.25, 0.3) is 5.91 Å². The number of aromatic nitrogens is 3. The van der Waals surface area contributed by atoms with Crippen molar-refractivity contribution < 1.29 is 4.79 Å². The van der Waals surface area contributed by atoms with Crippen molar-refractivity contribution in [1.82, 2.24) is 25.0 Å². The molecule has 2 aromatic rings. The molecule has 1 N–H and O–H groups in total. The Hall–Kier alpha value is -2.21. The van der Waals surface area contributed by atoms with Crippen LogP contribution in [0.15, 0.2) is 36.8 Å². The monoisotopic (exact) mass is 311 g/mol. The first-order chi connectivity index (χ1) is 11.2. The summed E-state index contributed by atoms with van der Waals surface area (Å²) in [7, 11) is 1.92. The van der Waals surface area contributed by atoms with Crippen LogP contribution < -0.4 is 5.32 Å². The highest BCUT2D eigenvalue weighted by Crippen LogP contribution is 2.29. The minimum absolute atomic E-state index is 0.0621. The highest BCUT2D eigenvalue weighted by Gasteiger charge is 2.36. The number of hydrogen-bond donors (Lipinski definition) is 1. The average molecular weight is 311 g/mol. The van der Waals surface area contributed by atoms with Crippen molar-refractivity contribution in [3.05, 3.63) is 42.4 Å². The molecule has 120 valence electrons. The Bertz CT molecular complexity index is 687. The van der Waals surface area contributed by atoms with E-state index in [1.54, 1.807) is 23.1 Å². The van der Waals surface area contributed by atoms with E-state index in [0.29, 0.717) is 29.5 Å². The first-order valence-electron chi connectivity index (χ1n) is 8.20. The molecule has 0 aromatic carbocycles. The number of piperidine rings is 1. The summed E-state index contributed by atoms with van der Waals surface area (Å²) < 4.78 is 1.67. The lowest BCUT2D eigenvalue weighted by molar-refractivity contribution is 0.0681. The molecule has 4 heterocycles. The van der Waals surface area contributed by atoms with E-state index < -0.39 is 0 Å². The number of fused-ring (bicyclic) bond motifs is 2. The van der Waals surface area contributed by atoms with Gasteiger partial charge in [0.1, 0.15) is 0 Å². The summed E-state index contributed by atoms with van der Waals surface area (Å²) in [4.78, 5) is 19.0. The van der Waals surface area contributed by atoms with Crippen LogP contribution in [0.4, 0.5) is 0 Å². The number of amides is 1. The Kier molecular flexibility index (Phi) is 3.61. The second kappa shape index (κ2) is 5.77. The van der Waals surface area contributed by atoms with Crippen molar-refractivity contribution in [3.8, 4) is 5.82 Å². The van der Waals surface area contributed by atoms with Crippen molar-refractivity contribution in [2.24, 2.45) is 0 Å². The molecule has 1 amide bonds. The fraction of sp³-hybridized carbons (Fsp3) is 0.471. The minimum Gasteiger partial charge on any atom is -0.339 e. The lowest BCUT2D eigenvalue weighted by atomic mass is 9.98. The van der Waals surface area contributed by atoms with Gasteiger partial charge in [-0.25, -0.2) is 9.67 Å². The molecule has 2 aromatic heterocycles. The minimum atomic E-state index is 0.0621. The second-order valence-corrected chi connectivity index (χ2v) is 6.53. The third-order valence-corrected chi connectivity index (χ3v) is 5.05. The van der Waals surface area contributed by atoms with E-state index in [0.717, 1.165) is 12.8 Å². The van der Waals surface area contributed by atoms with Gasteiger partial charge in [0.15, 0.2) is 5.82 Å². The van der Waals surface area contributed by atoms with Crippen molar-refractivity contribution in [2.45, 2.75) is 43.8 Å². The van der Waals surface area contributed by atoms with Crippen LogP contribution in [0.1, 0.15) is 36.0 Å². The van der Waals surface area contributed by atoms with E-state index in [4.69, 9.17) is 0 Å². The van der Waals surface area contributed by atoms with Crippen LogP contribution in [-0.4, -0.2) is 50.7 Å². The van der Waals surface area contributed by atoms with Crippen LogP contribution in [0, 0.1) is 0 Å². The van der Waals surface area contributed by atoms with Gasteiger partial charge in [-0.3, -0.25) is 4.79 Å². The van der Waals surface area contributed by atoms with Gasteiger partial charge in [0, 0.05) is 49.3 Å². The second-order valence-electron chi connectivity index (χ2n) is 6.53. The van der Waals surface area contributed by atoms with E-state index in [2.05, 4.69) is 15.4 Å². The number of rotatable bonds is 3. The highest BCUT2D eigenvalue weighted by atomic mass is 16.2. The molecular formula is C17H21N5O. The zero-order valence-electron chi connectivity index (χ0n) is 13.2. The normalized spacial score (nSPS) is 26.2. The predicted molar refractivity (Wildman–Crippen MR) is 86.4 cm³/mol. The van der Waals surface area contributed by atoms with Crippen molar-refractivity contribution in [1.29, 1.82) is 0 Å². The summed E-state index contributed by atoms with van der Waals surface area (Å²) in [5.74, 6) is 0.728. The molecule has 2 aliphatic rings. The van der Waals surface area contributed by atoms with Crippen LogP contribution in [0.25, 0.3) is 5.82 Å².